The summed E-state index contributed by atoms with van der Waals surface area (Å²) in [6.45, 7) is 8.03. The lowest BCUT2D eigenvalue weighted by Crippen LogP contribution is -2.52. The Morgan fingerprint density at radius 3 is 2.65 bits per heavy atom. The molecule has 0 aromatic carbocycles. The van der Waals surface area contributed by atoms with Crippen LogP contribution in [0.3, 0.4) is 0 Å². The molecule has 2 aliphatic heterocycles. The van der Waals surface area contributed by atoms with Gasteiger partial charge in [0.05, 0.1) is 5.60 Å². The predicted molar refractivity (Wildman–Crippen MR) is 83.0 cm³/mol. The predicted octanol–water partition coefficient (Wildman–Crippen LogP) is 2.94. The van der Waals surface area contributed by atoms with Crippen LogP contribution in [0.2, 0.25) is 0 Å². The lowest BCUT2D eigenvalue weighted by atomic mass is 9.88. The van der Waals surface area contributed by atoms with Crippen LogP contribution in [0.4, 0.5) is 0 Å². The van der Waals surface area contributed by atoms with Crippen LogP contribution >= 0.6 is 0 Å². The topological polar surface area (TPSA) is 24.5 Å². The summed E-state index contributed by atoms with van der Waals surface area (Å²) in [4.78, 5) is 2.85. The Balaban J connectivity index is 1.61. The summed E-state index contributed by atoms with van der Waals surface area (Å²) in [6.07, 6.45) is 10.6. The van der Waals surface area contributed by atoms with E-state index in [1.54, 1.807) is 0 Å². The summed E-state index contributed by atoms with van der Waals surface area (Å²) in [5.41, 5.74) is 0.121. The Hall–Kier alpha value is -0.120. The molecule has 3 fully saturated rings. The van der Waals surface area contributed by atoms with Crippen molar-refractivity contribution in [1.82, 2.24) is 10.2 Å². The van der Waals surface area contributed by atoms with Crippen LogP contribution in [0.5, 0.6) is 0 Å². The summed E-state index contributed by atoms with van der Waals surface area (Å²) in [5, 5.41) is 3.73. The van der Waals surface area contributed by atoms with Gasteiger partial charge in [-0.05, 0) is 58.4 Å². The van der Waals surface area contributed by atoms with Gasteiger partial charge in [0.2, 0.25) is 0 Å². The molecule has 3 nitrogen and oxygen atoms in total. The molecule has 0 radical (unpaired) electrons. The standard InChI is InChI=1S/C17H32N2O/c1-3-17(2)12-16(9-11-20-17)19(15-7-8-15)13-14-6-4-5-10-18-14/h14-16,18H,3-13H2,1-2H3. The first-order valence-corrected chi connectivity index (χ1v) is 8.83. The lowest BCUT2D eigenvalue weighted by molar-refractivity contribution is -0.0987. The molecular weight excluding hydrogens is 248 g/mol. The van der Waals surface area contributed by atoms with E-state index in [-0.39, 0.29) is 5.60 Å². The zero-order valence-corrected chi connectivity index (χ0v) is 13.4. The van der Waals surface area contributed by atoms with Gasteiger partial charge in [0.15, 0.2) is 0 Å². The molecule has 116 valence electrons. The van der Waals surface area contributed by atoms with Gasteiger partial charge in [-0.1, -0.05) is 13.3 Å². The maximum absolute atomic E-state index is 6.04. The molecule has 1 saturated carbocycles. The van der Waals surface area contributed by atoms with Gasteiger partial charge in [-0.3, -0.25) is 4.90 Å². The Morgan fingerprint density at radius 1 is 1.15 bits per heavy atom. The number of nitrogens with zero attached hydrogens (tertiary/aromatic N) is 1. The zero-order valence-electron chi connectivity index (χ0n) is 13.4. The third-order valence-corrected chi connectivity index (χ3v) is 5.65. The van der Waals surface area contributed by atoms with Gasteiger partial charge >= 0.3 is 0 Å². The van der Waals surface area contributed by atoms with Crippen LogP contribution in [0.25, 0.3) is 0 Å². The fourth-order valence-electron chi connectivity index (χ4n) is 3.97. The second kappa shape index (κ2) is 6.33. The van der Waals surface area contributed by atoms with E-state index >= 15 is 0 Å². The molecule has 0 spiro atoms. The second-order valence-corrected chi connectivity index (χ2v) is 7.37. The molecule has 1 aliphatic carbocycles. The number of piperidine rings is 1. The Bertz CT molecular complexity index is 312. The molecule has 3 atom stereocenters. The van der Waals surface area contributed by atoms with Crippen molar-refractivity contribution < 1.29 is 4.74 Å². The van der Waals surface area contributed by atoms with Gasteiger partial charge < -0.3 is 10.1 Å². The van der Waals surface area contributed by atoms with Gasteiger partial charge in [0.1, 0.15) is 0 Å². The highest BCUT2D eigenvalue weighted by Gasteiger charge is 2.40. The number of hydrogen-bond donors (Lipinski definition) is 1. The van der Waals surface area contributed by atoms with Crippen LogP contribution in [0.15, 0.2) is 0 Å². The minimum atomic E-state index is 0.121. The second-order valence-electron chi connectivity index (χ2n) is 7.37. The van der Waals surface area contributed by atoms with Crippen LogP contribution < -0.4 is 5.32 Å². The highest BCUT2D eigenvalue weighted by atomic mass is 16.5. The molecule has 3 unspecified atom stereocenters. The largest absolute Gasteiger partial charge is 0.375 e. The van der Waals surface area contributed by atoms with E-state index in [0.717, 1.165) is 31.2 Å². The molecule has 2 saturated heterocycles. The van der Waals surface area contributed by atoms with E-state index in [1.165, 1.54) is 58.0 Å². The van der Waals surface area contributed by atoms with E-state index in [2.05, 4.69) is 24.1 Å². The van der Waals surface area contributed by atoms with E-state index < -0.39 is 0 Å². The first-order chi connectivity index (χ1) is 9.70. The molecule has 3 heteroatoms. The minimum Gasteiger partial charge on any atom is -0.375 e. The van der Waals surface area contributed by atoms with Crippen molar-refractivity contribution in [2.75, 3.05) is 19.7 Å². The monoisotopic (exact) mass is 280 g/mol. The molecule has 0 amide bonds. The zero-order chi connectivity index (χ0) is 14.0. The molecular formula is C17H32N2O. The Labute approximate surface area is 124 Å². The van der Waals surface area contributed by atoms with Crippen LogP contribution in [-0.2, 0) is 4.74 Å². The van der Waals surface area contributed by atoms with Crippen LogP contribution in [0.1, 0.15) is 65.2 Å². The van der Waals surface area contributed by atoms with Crippen molar-refractivity contribution in [1.29, 1.82) is 0 Å². The Morgan fingerprint density at radius 2 is 2.00 bits per heavy atom. The van der Waals surface area contributed by atoms with Crippen molar-refractivity contribution in [2.45, 2.75) is 88.9 Å². The smallest absolute Gasteiger partial charge is 0.0666 e. The van der Waals surface area contributed by atoms with Crippen molar-refractivity contribution in [3.63, 3.8) is 0 Å². The normalized spacial score (nSPS) is 39.1. The van der Waals surface area contributed by atoms with Crippen LogP contribution in [-0.4, -0.2) is 48.3 Å². The maximum Gasteiger partial charge on any atom is 0.0666 e. The lowest BCUT2D eigenvalue weighted by Gasteiger charge is -2.44. The highest BCUT2D eigenvalue weighted by molar-refractivity contribution is 4.95. The molecule has 0 aromatic heterocycles. The summed E-state index contributed by atoms with van der Waals surface area (Å²) < 4.78 is 6.04. The average Bonchev–Trinajstić information content (AvgIpc) is 3.30. The summed E-state index contributed by atoms with van der Waals surface area (Å²) in [6, 6.07) is 2.37. The number of rotatable bonds is 5. The summed E-state index contributed by atoms with van der Waals surface area (Å²) in [7, 11) is 0. The molecule has 0 bridgehead atoms. The van der Waals surface area contributed by atoms with Crippen LogP contribution in [0, 0.1) is 0 Å². The van der Waals surface area contributed by atoms with E-state index in [0.29, 0.717) is 0 Å². The van der Waals surface area contributed by atoms with Gasteiger partial charge in [0.25, 0.3) is 0 Å². The fourth-order valence-corrected chi connectivity index (χ4v) is 3.97. The van der Waals surface area contributed by atoms with Gasteiger partial charge in [-0.2, -0.15) is 0 Å². The molecule has 3 aliphatic rings. The first-order valence-electron chi connectivity index (χ1n) is 8.83. The molecule has 20 heavy (non-hydrogen) atoms. The van der Waals surface area contributed by atoms with Gasteiger partial charge in [-0.25, -0.2) is 0 Å². The van der Waals surface area contributed by atoms with E-state index in [4.69, 9.17) is 4.74 Å². The van der Waals surface area contributed by atoms with Gasteiger partial charge in [0, 0.05) is 31.3 Å². The SMILES string of the molecule is CCC1(C)CC(N(CC2CCCCN2)C2CC2)CCO1. The first kappa shape index (κ1) is 14.8. The number of nitrogens with one attached hydrogen (secondary N) is 1. The van der Waals surface area contributed by atoms with Crippen molar-refractivity contribution >= 4 is 0 Å². The third-order valence-electron chi connectivity index (χ3n) is 5.65. The molecule has 2 heterocycles. The molecule has 1 N–H and O–H groups in total. The minimum absolute atomic E-state index is 0.121. The van der Waals surface area contributed by atoms with Crippen molar-refractivity contribution in [3.05, 3.63) is 0 Å². The quantitative estimate of drug-likeness (QED) is 0.838. The number of ether oxygens (including phenoxy) is 1. The third kappa shape index (κ3) is 3.55. The highest BCUT2D eigenvalue weighted by Crippen LogP contribution is 2.36. The van der Waals surface area contributed by atoms with Crippen molar-refractivity contribution in [2.24, 2.45) is 0 Å². The van der Waals surface area contributed by atoms with Gasteiger partial charge in [-0.15, -0.1) is 0 Å². The average molecular weight is 280 g/mol. The van der Waals surface area contributed by atoms with Crippen molar-refractivity contribution in [3.8, 4) is 0 Å². The maximum atomic E-state index is 6.04. The van der Waals surface area contributed by atoms with E-state index in [1.807, 2.05) is 0 Å². The Kier molecular flexibility index (Phi) is 4.68. The summed E-state index contributed by atoms with van der Waals surface area (Å²) >= 11 is 0. The molecule has 0 aromatic rings. The number of hydrogen-bond acceptors (Lipinski definition) is 3. The molecule has 3 rings (SSSR count). The van der Waals surface area contributed by atoms with E-state index in [9.17, 15) is 0 Å². The summed E-state index contributed by atoms with van der Waals surface area (Å²) in [5.74, 6) is 0. The fraction of sp³-hybridized carbons (Fsp3) is 1.00.